The van der Waals surface area contributed by atoms with Crippen molar-refractivity contribution in [3.63, 3.8) is 0 Å². The number of carbonyl (C=O) groups is 2. The third-order valence-electron chi connectivity index (χ3n) is 6.72. The maximum Gasteiger partial charge on any atom is 0.300 e. The number of benzene rings is 3. The van der Waals surface area contributed by atoms with Gasteiger partial charge in [0, 0.05) is 35.6 Å². The van der Waals surface area contributed by atoms with Crippen LogP contribution < -0.4 is 14.5 Å². The van der Waals surface area contributed by atoms with Crippen LogP contribution in [0.15, 0.2) is 78.4 Å². The zero-order valence-electron chi connectivity index (χ0n) is 20.9. The van der Waals surface area contributed by atoms with Crippen molar-refractivity contribution in [2.24, 2.45) is 0 Å². The third-order valence-corrected chi connectivity index (χ3v) is 6.72. The Morgan fingerprint density at radius 2 is 1.62 bits per heavy atom. The van der Waals surface area contributed by atoms with Gasteiger partial charge in [-0.25, -0.2) is 4.39 Å². The highest BCUT2D eigenvalue weighted by Crippen LogP contribution is 2.43. The summed E-state index contributed by atoms with van der Waals surface area (Å²) in [7, 11) is 0. The molecular formula is C30H29FN2O4. The topological polar surface area (TPSA) is 70.1 Å². The van der Waals surface area contributed by atoms with Crippen LogP contribution in [0.2, 0.25) is 0 Å². The first-order chi connectivity index (χ1) is 17.8. The molecule has 0 saturated carbocycles. The molecule has 6 nitrogen and oxygen atoms in total. The molecule has 3 aromatic rings. The smallest absolute Gasteiger partial charge is 0.300 e. The summed E-state index contributed by atoms with van der Waals surface area (Å²) < 4.78 is 20.8. The van der Waals surface area contributed by atoms with Crippen LogP contribution in [0.4, 0.5) is 15.8 Å². The van der Waals surface area contributed by atoms with Gasteiger partial charge in [0.05, 0.1) is 17.7 Å². The average Bonchev–Trinajstić information content (AvgIpc) is 3.51. The minimum absolute atomic E-state index is 0.0927. The molecule has 190 valence electrons. The molecule has 0 radical (unpaired) electrons. The van der Waals surface area contributed by atoms with Crippen LogP contribution in [-0.4, -0.2) is 36.0 Å². The fraction of sp³-hybridized carbons (Fsp3) is 0.267. The Bertz CT molecular complexity index is 1360. The fourth-order valence-electron chi connectivity index (χ4n) is 5.03. The van der Waals surface area contributed by atoms with E-state index in [4.69, 9.17) is 4.74 Å². The highest BCUT2D eigenvalue weighted by Gasteiger charge is 2.47. The molecule has 5 rings (SSSR count). The van der Waals surface area contributed by atoms with Gasteiger partial charge in [0.2, 0.25) is 0 Å². The van der Waals surface area contributed by atoms with Crippen LogP contribution in [0.1, 0.15) is 43.9 Å². The first-order valence-corrected chi connectivity index (χ1v) is 12.5. The van der Waals surface area contributed by atoms with Crippen LogP contribution >= 0.6 is 0 Å². The summed E-state index contributed by atoms with van der Waals surface area (Å²) in [5, 5.41) is 11.3. The normalized spacial score (nSPS) is 19.2. The second kappa shape index (κ2) is 10.1. The van der Waals surface area contributed by atoms with Gasteiger partial charge in [-0.1, -0.05) is 30.3 Å². The third kappa shape index (κ3) is 4.69. The molecule has 3 aromatic carbocycles. The van der Waals surface area contributed by atoms with Crippen molar-refractivity contribution in [3.05, 3.63) is 95.3 Å². The molecule has 1 amide bonds. The molecule has 1 atom stereocenters. The summed E-state index contributed by atoms with van der Waals surface area (Å²) in [6.45, 7) is 5.70. The monoisotopic (exact) mass is 500 g/mol. The lowest BCUT2D eigenvalue weighted by Crippen LogP contribution is -2.30. The van der Waals surface area contributed by atoms with Crippen molar-refractivity contribution < 1.29 is 23.8 Å². The van der Waals surface area contributed by atoms with Gasteiger partial charge in [-0.2, -0.15) is 0 Å². The first-order valence-electron chi connectivity index (χ1n) is 12.5. The summed E-state index contributed by atoms with van der Waals surface area (Å²) in [6.07, 6.45) is 2.17. The Balaban J connectivity index is 1.62. The number of rotatable bonds is 6. The Kier molecular flexibility index (Phi) is 6.70. The predicted molar refractivity (Wildman–Crippen MR) is 141 cm³/mol. The van der Waals surface area contributed by atoms with Crippen LogP contribution in [0, 0.1) is 5.82 Å². The maximum absolute atomic E-state index is 15.1. The summed E-state index contributed by atoms with van der Waals surface area (Å²) in [5.41, 5.74) is 1.75. The molecular weight excluding hydrogens is 471 g/mol. The summed E-state index contributed by atoms with van der Waals surface area (Å²) in [6, 6.07) is 18.9. The van der Waals surface area contributed by atoms with E-state index in [1.165, 1.54) is 17.0 Å². The van der Waals surface area contributed by atoms with Crippen molar-refractivity contribution in [2.75, 3.05) is 22.9 Å². The molecule has 2 heterocycles. The second-order valence-electron chi connectivity index (χ2n) is 9.60. The number of nitrogens with zero attached hydrogens (tertiary/aromatic N) is 2. The van der Waals surface area contributed by atoms with Gasteiger partial charge in [0.15, 0.2) is 0 Å². The van der Waals surface area contributed by atoms with Crippen molar-refractivity contribution in [1.82, 2.24) is 0 Å². The lowest BCUT2D eigenvalue weighted by atomic mass is 9.94. The van der Waals surface area contributed by atoms with Gasteiger partial charge in [0.25, 0.3) is 11.7 Å². The summed E-state index contributed by atoms with van der Waals surface area (Å²) >= 11 is 0. The summed E-state index contributed by atoms with van der Waals surface area (Å²) in [4.78, 5) is 30.3. The lowest BCUT2D eigenvalue weighted by molar-refractivity contribution is -0.132. The van der Waals surface area contributed by atoms with Gasteiger partial charge in [-0.15, -0.1) is 0 Å². The molecule has 37 heavy (non-hydrogen) atoms. The number of hydrogen-bond donors (Lipinski definition) is 1. The van der Waals surface area contributed by atoms with Crippen LogP contribution in [0.3, 0.4) is 0 Å². The number of ether oxygens (including phenoxy) is 1. The lowest BCUT2D eigenvalue weighted by Gasteiger charge is -2.26. The van der Waals surface area contributed by atoms with E-state index in [0.717, 1.165) is 31.6 Å². The van der Waals surface area contributed by atoms with E-state index < -0.39 is 23.5 Å². The van der Waals surface area contributed by atoms with E-state index in [1.807, 2.05) is 26.0 Å². The number of Topliss-reactive ketones (excluding diaryl/α,β-unsaturated/α-hetero) is 1. The molecule has 0 aliphatic carbocycles. The summed E-state index contributed by atoms with van der Waals surface area (Å²) in [5.74, 6) is -2.14. The predicted octanol–water partition coefficient (Wildman–Crippen LogP) is 5.84. The minimum Gasteiger partial charge on any atom is -0.507 e. The van der Waals surface area contributed by atoms with Gasteiger partial charge in [-0.05, 0) is 69.2 Å². The van der Waals surface area contributed by atoms with Crippen molar-refractivity contribution in [2.45, 2.75) is 38.8 Å². The Labute approximate surface area is 215 Å². The molecule has 0 bridgehead atoms. The molecule has 2 saturated heterocycles. The van der Waals surface area contributed by atoms with Crippen molar-refractivity contribution in [1.29, 1.82) is 0 Å². The van der Waals surface area contributed by atoms with Gasteiger partial charge < -0.3 is 14.7 Å². The molecule has 2 aliphatic heterocycles. The first kappa shape index (κ1) is 24.6. The number of carbonyl (C=O) groups excluding carboxylic acids is 2. The van der Waals surface area contributed by atoms with Crippen LogP contribution in [-0.2, 0) is 9.59 Å². The average molecular weight is 501 g/mol. The van der Waals surface area contributed by atoms with E-state index >= 15 is 4.39 Å². The number of amides is 1. The number of hydrogen-bond acceptors (Lipinski definition) is 5. The number of anilines is 2. The van der Waals surface area contributed by atoms with Crippen LogP contribution in [0.25, 0.3) is 5.76 Å². The SMILES string of the molecule is CC(C)Oc1cccc(/C(O)=C2\C(=O)C(=O)N(c3ccc(N4CCCC4)cc3)C2c2ccccc2F)c1. The molecule has 7 heteroatoms. The maximum atomic E-state index is 15.1. The Morgan fingerprint density at radius 3 is 2.30 bits per heavy atom. The zero-order valence-corrected chi connectivity index (χ0v) is 20.9. The standard InChI is InChI=1S/C30H29FN2O4/c1-19(2)37-23-9-7-8-20(18-23)28(34)26-27(24-10-3-4-11-25(24)31)33(30(36)29(26)35)22-14-12-21(13-15-22)32-16-5-6-17-32/h3-4,7-15,18-19,27,34H,5-6,16-17H2,1-2H3/b28-26+. The highest BCUT2D eigenvalue weighted by molar-refractivity contribution is 6.51. The van der Waals surface area contributed by atoms with Crippen molar-refractivity contribution >= 4 is 28.8 Å². The Hall–Kier alpha value is -4.13. The van der Waals surface area contributed by atoms with Gasteiger partial charge in [0.1, 0.15) is 17.3 Å². The van der Waals surface area contributed by atoms with E-state index in [2.05, 4.69) is 4.90 Å². The van der Waals surface area contributed by atoms with Crippen LogP contribution in [0.5, 0.6) is 5.75 Å². The van der Waals surface area contributed by atoms with Gasteiger partial charge in [-0.3, -0.25) is 14.5 Å². The molecule has 0 aromatic heterocycles. The van der Waals surface area contributed by atoms with E-state index in [9.17, 15) is 14.7 Å². The quantitative estimate of drug-likeness (QED) is 0.262. The number of halogens is 1. The van der Waals surface area contributed by atoms with E-state index in [1.54, 1.807) is 48.5 Å². The van der Waals surface area contributed by atoms with E-state index in [0.29, 0.717) is 17.0 Å². The molecule has 1 unspecified atom stereocenters. The van der Waals surface area contributed by atoms with Gasteiger partial charge >= 0.3 is 0 Å². The van der Waals surface area contributed by atoms with Crippen molar-refractivity contribution in [3.8, 4) is 5.75 Å². The number of ketones is 1. The number of aliphatic hydroxyl groups excluding tert-OH is 1. The highest BCUT2D eigenvalue weighted by atomic mass is 19.1. The fourth-order valence-corrected chi connectivity index (χ4v) is 5.03. The largest absolute Gasteiger partial charge is 0.507 e. The minimum atomic E-state index is -1.13. The molecule has 2 fully saturated rings. The Morgan fingerprint density at radius 1 is 0.946 bits per heavy atom. The number of aliphatic hydroxyl groups is 1. The molecule has 2 aliphatic rings. The second-order valence-corrected chi connectivity index (χ2v) is 9.60. The van der Waals surface area contributed by atoms with E-state index in [-0.39, 0.29) is 23.0 Å². The molecule has 1 N–H and O–H groups in total. The zero-order chi connectivity index (χ0) is 26.1. The molecule has 0 spiro atoms.